The smallest absolute Gasteiger partial charge is 0.246 e. The van der Waals surface area contributed by atoms with Gasteiger partial charge >= 0.3 is 0 Å². The number of ether oxygens (including phenoxy) is 1. The minimum Gasteiger partial charge on any atom is -0.366 e. The van der Waals surface area contributed by atoms with E-state index in [4.69, 9.17) is 9.26 Å². The third kappa shape index (κ3) is 3.69. The average Bonchev–Trinajstić information content (AvgIpc) is 3.01. The molecule has 8 heteroatoms. The molecule has 0 unspecified atom stereocenters. The number of carbonyl (C=O) groups is 2. The van der Waals surface area contributed by atoms with Crippen molar-refractivity contribution in [3.8, 4) is 0 Å². The number of piperidine rings is 1. The van der Waals surface area contributed by atoms with Crippen molar-refractivity contribution in [1.29, 1.82) is 0 Å². The topological polar surface area (TPSA) is 97.6 Å². The number of nitrogens with one attached hydrogen (secondary N) is 1. The molecule has 0 aromatic carbocycles. The Balaban J connectivity index is 1.51. The molecule has 126 valence electrons. The number of hydrogen-bond donors (Lipinski definition) is 1. The molecular weight excluding hydrogens is 300 g/mol. The Morgan fingerprint density at radius 3 is 3.04 bits per heavy atom. The molecular formula is C15H22N4O4. The maximum Gasteiger partial charge on any atom is 0.246 e. The first-order chi connectivity index (χ1) is 11.0. The van der Waals surface area contributed by atoms with Gasteiger partial charge in [-0.25, -0.2) is 0 Å². The fraction of sp³-hybridized carbons (Fsp3) is 0.733. The van der Waals surface area contributed by atoms with Crippen molar-refractivity contribution in [1.82, 2.24) is 20.4 Å². The third-order valence-corrected chi connectivity index (χ3v) is 4.23. The molecule has 0 bridgehead atoms. The van der Waals surface area contributed by atoms with E-state index in [9.17, 15) is 9.59 Å². The number of aromatic nitrogens is 2. The van der Waals surface area contributed by atoms with Gasteiger partial charge in [0, 0.05) is 31.8 Å². The van der Waals surface area contributed by atoms with E-state index in [2.05, 4.69) is 15.5 Å². The number of hydrogen-bond acceptors (Lipinski definition) is 6. The lowest BCUT2D eigenvalue weighted by Gasteiger charge is -2.41. The molecule has 2 aliphatic rings. The van der Waals surface area contributed by atoms with E-state index in [-0.39, 0.29) is 36.5 Å². The zero-order chi connectivity index (χ0) is 16.4. The van der Waals surface area contributed by atoms with Crippen LogP contribution >= 0.6 is 0 Å². The second-order valence-electron chi connectivity index (χ2n) is 6.35. The number of fused-ring (bicyclic) bond motifs is 1. The van der Waals surface area contributed by atoms with Crippen LogP contribution in [0.4, 0.5) is 0 Å². The van der Waals surface area contributed by atoms with Crippen LogP contribution in [0.5, 0.6) is 0 Å². The molecule has 8 nitrogen and oxygen atoms in total. The minimum absolute atomic E-state index is 0.0151. The molecule has 3 rings (SSSR count). The monoisotopic (exact) mass is 322 g/mol. The number of amides is 2. The summed E-state index contributed by atoms with van der Waals surface area (Å²) in [7, 11) is 0. The van der Waals surface area contributed by atoms with Gasteiger partial charge in [0.25, 0.3) is 0 Å². The quantitative estimate of drug-likeness (QED) is 0.853. The average molecular weight is 322 g/mol. The minimum atomic E-state index is -0.118. The fourth-order valence-electron chi connectivity index (χ4n) is 2.90. The fourth-order valence-corrected chi connectivity index (χ4v) is 2.90. The van der Waals surface area contributed by atoms with Crippen molar-refractivity contribution in [2.24, 2.45) is 0 Å². The number of aryl methyl sites for hydroxylation is 1. The summed E-state index contributed by atoms with van der Waals surface area (Å²) in [4.78, 5) is 29.8. The highest BCUT2D eigenvalue weighted by atomic mass is 16.5. The second kappa shape index (κ2) is 6.66. The van der Waals surface area contributed by atoms with E-state index in [0.717, 1.165) is 6.42 Å². The van der Waals surface area contributed by atoms with Gasteiger partial charge in [0.05, 0.1) is 12.1 Å². The summed E-state index contributed by atoms with van der Waals surface area (Å²) in [5.41, 5.74) is 0. The maximum atomic E-state index is 12.4. The molecule has 0 saturated carbocycles. The lowest BCUT2D eigenvalue weighted by molar-refractivity contribution is -0.146. The molecule has 0 aliphatic carbocycles. The first kappa shape index (κ1) is 15.9. The Morgan fingerprint density at radius 2 is 2.30 bits per heavy atom. The second-order valence-corrected chi connectivity index (χ2v) is 6.35. The number of nitrogens with zero attached hydrogens (tertiary/aromatic N) is 3. The third-order valence-electron chi connectivity index (χ3n) is 4.23. The van der Waals surface area contributed by atoms with Crippen molar-refractivity contribution in [3.63, 3.8) is 0 Å². The van der Waals surface area contributed by atoms with Crippen molar-refractivity contribution in [2.45, 2.75) is 51.2 Å². The van der Waals surface area contributed by atoms with Crippen LogP contribution in [0.2, 0.25) is 0 Å². The summed E-state index contributed by atoms with van der Waals surface area (Å²) in [6.07, 6.45) is 1.52. The van der Waals surface area contributed by atoms with E-state index in [1.165, 1.54) is 0 Å². The molecule has 2 fully saturated rings. The summed E-state index contributed by atoms with van der Waals surface area (Å²) < 4.78 is 10.6. The first-order valence-corrected chi connectivity index (χ1v) is 8.04. The van der Waals surface area contributed by atoms with Gasteiger partial charge in [0.2, 0.25) is 17.7 Å². The van der Waals surface area contributed by atoms with Gasteiger partial charge < -0.3 is 19.5 Å². The Bertz CT molecular complexity index is 586. The van der Waals surface area contributed by atoms with Gasteiger partial charge in [-0.3, -0.25) is 9.59 Å². The molecule has 3 heterocycles. The van der Waals surface area contributed by atoms with Crippen LogP contribution in [-0.2, 0) is 20.7 Å². The van der Waals surface area contributed by atoms with Crippen LogP contribution in [-0.4, -0.2) is 58.7 Å². The number of rotatable bonds is 4. The maximum absolute atomic E-state index is 12.4. The van der Waals surface area contributed by atoms with E-state index >= 15 is 0 Å². The standard InChI is InChI=1S/C15H22N4O4/c1-9(2)15-17-13(23-18-15)3-4-14(21)19-6-5-11-10(7-19)16-12(20)8-22-11/h9-11H,3-8H2,1-2H3,(H,16,20)/t10-,11-/m0/s1. The van der Waals surface area contributed by atoms with Gasteiger partial charge in [-0.2, -0.15) is 4.98 Å². The Kier molecular flexibility index (Phi) is 4.61. The highest BCUT2D eigenvalue weighted by molar-refractivity contribution is 5.79. The molecule has 23 heavy (non-hydrogen) atoms. The van der Waals surface area contributed by atoms with Crippen molar-refractivity contribution in [2.75, 3.05) is 19.7 Å². The lowest BCUT2D eigenvalue weighted by Crippen LogP contribution is -2.61. The van der Waals surface area contributed by atoms with Crippen molar-refractivity contribution >= 4 is 11.8 Å². The van der Waals surface area contributed by atoms with Crippen LogP contribution in [0.15, 0.2) is 4.52 Å². The van der Waals surface area contributed by atoms with Crippen LogP contribution in [0.1, 0.15) is 44.3 Å². The highest BCUT2D eigenvalue weighted by Crippen LogP contribution is 2.18. The Labute approximate surface area is 134 Å². The Morgan fingerprint density at radius 1 is 1.48 bits per heavy atom. The molecule has 2 saturated heterocycles. The highest BCUT2D eigenvalue weighted by Gasteiger charge is 2.36. The molecule has 2 amide bonds. The normalized spacial score (nSPS) is 24.5. The van der Waals surface area contributed by atoms with Gasteiger partial charge in [-0.1, -0.05) is 19.0 Å². The zero-order valence-electron chi connectivity index (χ0n) is 13.4. The summed E-state index contributed by atoms with van der Waals surface area (Å²) in [5, 5.41) is 6.79. The van der Waals surface area contributed by atoms with Crippen LogP contribution in [0.3, 0.4) is 0 Å². The largest absolute Gasteiger partial charge is 0.366 e. The van der Waals surface area contributed by atoms with E-state index in [1.807, 2.05) is 13.8 Å². The molecule has 0 spiro atoms. The van der Waals surface area contributed by atoms with Crippen molar-refractivity contribution in [3.05, 3.63) is 11.7 Å². The molecule has 2 aliphatic heterocycles. The first-order valence-electron chi connectivity index (χ1n) is 8.04. The van der Waals surface area contributed by atoms with Gasteiger partial charge in [-0.05, 0) is 6.42 Å². The summed E-state index contributed by atoms with van der Waals surface area (Å²) in [5.74, 6) is 1.28. The van der Waals surface area contributed by atoms with Gasteiger partial charge in [0.1, 0.15) is 6.61 Å². The van der Waals surface area contributed by atoms with Gasteiger partial charge in [0.15, 0.2) is 5.82 Å². The molecule has 0 radical (unpaired) electrons. The number of carbonyl (C=O) groups excluding carboxylic acids is 2. The van der Waals surface area contributed by atoms with Crippen molar-refractivity contribution < 1.29 is 18.8 Å². The SMILES string of the molecule is CC(C)c1noc(CCC(=O)N2CC[C@@H]3OCC(=O)N[C@H]3C2)n1. The predicted octanol–water partition coefficient (Wildman–Crippen LogP) is 0.242. The predicted molar refractivity (Wildman–Crippen MR) is 79.6 cm³/mol. The summed E-state index contributed by atoms with van der Waals surface area (Å²) in [6.45, 7) is 5.24. The lowest BCUT2D eigenvalue weighted by atomic mass is 10.00. The molecule has 1 N–H and O–H groups in total. The van der Waals surface area contributed by atoms with Crippen LogP contribution in [0.25, 0.3) is 0 Å². The van der Waals surface area contributed by atoms with E-state index < -0.39 is 0 Å². The van der Waals surface area contributed by atoms with E-state index in [1.54, 1.807) is 4.90 Å². The number of likely N-dealkylation sites (tertiary alicyclic amines) is 1. The zero-order valence-corrected chi connectivity index (χ0v) is 13.4. The van der Waals surface area contributed by atoms with E-state index in [0.29, 0.717) is 37.6 Å². The molecule has 1 aromatic heterocycles. The molecule has 1 aromatic rings. The van der Waals surface area contributed by atoms with Crippen LogP contribution < -0.4 is 5.32 Å². The Hall–Kier alpha value is -1.96. The molecule has 2 atom stereocenters. The number of morpholine rings is 1. The van der Waals surface area contributed by atoms with Gasteiger partial charge in [-0.15, -0.1) is 0 Å². The van der Waals surface area contributed by atoms with Crippen LogP contribution in [0, 0.1) is 0 Å². The summed E-state index contributed by atoms with van der Waals surface area (Å²) in [6, 6.07) is -0.107. The summed E-state index contributed by atoms with van der Waals surface area (Å²) >= 11 is 0.